The molecule has 2 aromatic carbocycles. The molecule has 34 heavy (non-hydrogen) atoms. The third kappa shape index (κ3) is 7.10. The number of unbranched alkanes of at least 4 members (excludes halogenated alkanes) is 2. The molecule has 2 amide bonds. The lowest BCUT2D eigenvalue weighted by atomic mass is 10.1. The molecule has 0 bridgehead atoms. The molecule has 0 saturated carbocycles. The maximum absolute atomic E-state index is 12.3. The summed E-state index contributed by atoms with van der Waals surface area (Å²) < 4.78 is 10.9. The molecule has 0 aliphatic rings. The summed E-state index contributed by atoms with van der Waals surface area (Å²) in [6.07, 6.45) is 3.70. The fourth-order valence-corrected chi connectivity index (χ4v) is 4.14. The number of nitrogens with one attached hydrogen (secondary N) is 2. The van der Waals surface area contributed by atoms with Crippen molar-refractivity contribution in [2.24, 2.45) is 5.10 Å². The van der Waals surface area contributed by atoms with Crippen molar-refractivity contribution in [2.45, 2.75) is 32.6 Å². The Hall–Kier alpha value is -2.79. The lowest BCUT2D eigenvalue weighted by Gasteiger charge is -2.11. The zero-order chi connectivity index (χ0) is 25.3. The third-order valence-electron chi connectivity index (χ3n) is 5.01. The smallest absolute Gasteiger partial charge is 0.251 e. The first-order valence-corrected chi connectivity index (χ1v) is 12.0. The Bertz CT molecular complexity index is 1050. The SMILES string of the molecule is COc1ccc(C(=O)NCCCCCC(=O)NN=Cc2c(C)c(Br)c(O)c(Br)c2O)cc1OC. The van der Waals surface area contributed by atoms with Gasteiger partial charge >= 0.3 is 0 Å². The van der Waals surface area contributed by atoms with Crippen LogP contribution in [-0.2, 0) is 4.79 Å². The van der Waals surface area contributed by atoms with Crippen molar-refractivity contribution in [1.29, 1.82) is 0 Å². The fourth-order valence-electron chi connectivity index (χ4n) is 3.05. The quantitative estimate of drug-likeness (QED) is 0.172. The first-order chi connectivity index (χ1) is 16.2. The van der Waals surface area contributed by atoms with Crippen LogP contribution < -0.4 is 20.2 Å². The van der Waals surface area contributed by atoms with Crippen LogP contribution in [0.4, 0.5) is 0 Å². The van der Waals surface area contributed by atoms with Crippen LogP contribution in [0.5, 0.6) is 23.0 Å². The molecule has 11 heteroatoms. The number of aromatic hydroxyl groups is 2. The summed E-state index contributed by atoms with van der Waals surface area (Å²) in [5, 5.41) is 26.8. The van der Waals surface area contributed by atoms with Crippen LogP contribution in [0.1, 0.15) is 47.2 Å². The summed E-state index contributed by atoms with van der Waals surface area (Å²) in [5.41, 5.74) is 3.84. The highest BCUT2D eigenvalue weighted by Gasteiger charge is 2.17. The zero-order valence-electron chi connectivity index (χ0n) is 19.1. The van der Waals surface area contributed by atoms with Gasteiger partial charge in [-0.05, 0) is 75.4 Å². The summed E-state index contributed by atoms with van der Waals surface area (Å²) in [7, 11) is 3.04. The number of nitrogens with zero attached hydrogens (tertiary/aromatic N) is 1. The van der Waals surface area contributed by atoms with E-state index in [2.05, 4.69) is 47.7 Å². The Labute approximate surface area is 214 Å². The predicted octanol–water partition coefficient (Wildman–Crippen LogP) is 4.39. The minimum absolute atomic E-state index is 0.115. The summed E-state index contributed by atoms with van der Waals surface area (Å²) in [4.78, 5) is 24.3. The Morgan fingerprint density at radius 1 is 1.03 bits per heavy atom. The van der Waals surface area contributed by atoms with E-state index in [0.29, 0.717) is 45.6 Å². The Kier molecular flexibility index (Phi) is 10.6. The number of ether oxygens (including phenoxy) is 2. The van der Waals surface area contributed by atoms with Crippen LogP contribution >= 0.6 is 31.9 Å². The third-order valence-corrected chi connectivity index (χ3v) is 6.73. The fraction of sp³-hybridized carbons (Fsp3) is 0.348. The van der Waals surface area contributed by atoms with Crippen LogP contribution in [-0.4, -0.2) is 49.0 Å². The number of phenolic OH excluding ortho intramolecular Hbond substituents is 2. The highest BCUT2D eigenvalue weighted by atomic mass is 79.9. The maximum Gasteiger partial charge on any atom is 0.251 e. The van der Waals surface area contributed by atoms with E-state index < -0.39 is 0 Å². The molecule has 0 radical (unpaired) electrons. The van der Waals surface area contributed by atoms with E-state index in [-0.39, 0.29) is 34.2 Å². The van der Waals surface area contributed by atoms with Crippen LogP contribution in [0.3, 0.4) is 0 Å². The van der Waals surface area contributed by atoms with Gasteiger partial charge < -0.3 is 25.0 Å². The van der Waals surface area contributed by atoms with Crippen molar-refractivity contribution in [3.63, 3.8) is 0 Å². The van der Waals surface area contributed by atoms with Gasteiger partial charge in [0, 0.05) is 24.1 Å². The molecular weight excluding hydrogens is 574 g/mol. The molecule has 0 aromatic heterocycles. The van der Waals surface area contributed by atoms with Gasteiger partial charge in [0.25, 0.3) is 5.91 Å². The van der Waals surface area contributed by atoms with E-state index in [4.69, 9.17) is 9.47 Å². The molecule has 0 unspecified atom stereocenters. The topological polar surface area (TPSA) is 129 Å². The number of rotatable bonds is 11. The van der Waals surface area contributed by atoms with E-state index >= 15 is 0 Å². The number of methoxy groups -OCH3 is 2. The van der Waals surface area contributed by atoms with Crippen molar-refractivity contribution >= 4 is 49.9 Å². The molecule has 0 aliphatic heterocycles. The number of amides is 2. The summed E-state index contributed by atoms with van der Waals surface area (Å²) in [5.74, 6) is 0.276. The minimum Gasteiger partial charge on any atom is -0.506 e. The molecular formula is C23H27Br2N3O6. The second kappa shape index (κ2) is 13.2. The highest BCUT2D eigenvalue weighted by molar-refractivity contribution is 9.11. The van der Waals surface area contributed by atoms with Gasteiger partial charge in [-0.1, -0.05) is 6.42 Å². The second-order valence-corrected chi connectivity index (χ2v) is 8.88. The van der Waals surface area contributed by atoms with Crippen LogP contribution in [0.15, 0.2) is 32.2 Å². The molecule has 184 valence electrons. The monoisotopic (exact) mass is 599 g/mol. The number of carbonyl (C=O) groups is 2. The van der Waals surface area contributed by atoms with E-state index in [9.17, 15) is 19.8 Å². The average molecular weight is 601 g/mol. The van der Waals surface area contributed by atoms with Crippen LogP contribution in [0.25, 0.3) is 0 Å². The number of hydrazone groups is 1. The standard InChI is InChI=1S/C23H27Br2N3O6/c1-13-15(21(30)20(25)22(31)19(13)24)12-27-28-18(29)7-5-4-6-10-26-23(32)14-8-9-16(33-2)17(11-14)34-3/h8-9,11-12,30-31H,4-7,10H2,1-3H3,(H,26,32)(H,28,29). The van der Waals surface area contributed by atoms with Gasteiger partial charge in [-0.3, -0.25) is 9.59 Å². The molecule has 0 spiro atoms. The molecule has 0 aliphatic carbocycles. The number of hydrogen-bond acceptors (Lipinski definition) is 7. The molecule has 2 aromatic rings. The van der Waals surface area contributed by atoms with Crippen LogP contribution in [0.2, 0.25) is 0 Å². The second-order valence-electron chi connectivity index (χ2n) is 7.29. The number of halogens is 2. The number of carbonyl (C=O) groups excluding carboxylic acids is 2. The summed E-state index contributed by atoms with van der Waals surface area (Å²) in [6, 6.07) is 4.96. The van der Waals surface area contributed by atoms with E-state index in [1.54, 1.807) is 25.1 Å². The number of hydrogen-bond donors (Lipinski definition) is 4. The van der Waals surface area contributed by atoms with Crippen molar-refractivity contribution in [3.8, 4) is 23.0 Å². The normalized spacial score (nSPS) is 10.9. The summed E-state index contributed by atoms with van der Waals surface area (Å²) in [6.45, 7) is 2.18. The van der Waals surface area contributed by atoms with E-state index in [1.807, 2.05) is 0 Å². The largest absolute Gasteiger partial charge is 0.506 e. The number of phenols is 2. The molecule has 0 heterocycles. The molecule has 0 fully saturated rings. The van der Waals surface area contributed by atoms with E-state index in [0.717, 1.165) is 12.8 Å². The lowest BCUT2D eigenvalue weighted by molar-refractivity contribution is -0.121. The van der Waals surface area contributed by atoms with Crippen molar-refractivity contribution in [1.82, 2.24) is 10.7 Å². The molecule has 0 atom stereocenters. The maximum atomic E-state index is 12.3. The Morgan fingerprint density at radius 2 is 1.74 bits per heavy atom. The van der Waals surface area contributed by atoms with E-state index in [1.165, 1.54) is 20.4 Å². The van der Waals surface area contributed by atoms with Gasteiger partial charge in [0.1, 0.15) is 16.0 Å². The zero-order valence-corrected chi connectivity index (χ0v) is 22.2. The Morgan fingerprint density at radius 3 is 2.41 bits per heavy atom. The predicted molar refractivity (Wildman–Crippen MR) is 136 cm³/mol. The first-order valence-electron chi connectivity index (χ1n) is 10.4. The minimum atomic E-state index is -0.264. The van der Waals surface area contributed by atoms with Gasteiger partial charge in [0.05, 0.1) is 24.9 Å². The average Bonchev–Trinajstić information content (AvgIpc) is 2.84. The lowest BCUT2D eigenvalue weighted by Crippen LogP contribution is -2.24. The van der Waals surface area contributed by atoms with Crippen molar-refractivity contribution < 1.29 is 29.3 Å². The van der Waals surface area contributed by atoms with Gasteiger partial charge in [-0.15, -0.1) is 0 Å². The van der Waals surface area contributed by atoms with Crippen molar-refractivity contribution in [3.05, 3.63) is 43.8 Å². The van der Waals surface area contributed by atoms with Crippen molar-refractivity contribution in [2.75, 3.05) is 20.8 Å². The molecule has 9 nitrogen and oxygen atoms in total. The van der Waals surface area contributed by atoms with Gasteiger partial charge in [-0.2, -0.15) is 5.10 Å². The van der Waals surface area contributed by atoms with Gasteiger partial charge in [0.2, 0.25) is 5.91 Å². The molecule has 2 rings (SSSR count). The van der Waals surface area contributed by atoms with Crippen LogP contribution in [0, 0.1) is 6.92 Å². The first kappa shape index (κ1) is 27.5. The summed E-state index contributed by atoms with van der Waals surface area (Å²) >= 11 is 6.36. The molecule has 0 saturated heterocycles. The van der Waals surface area contributed by atoms with Gasteiger partial charge in [-0.25, -0.2) is 5.43 Å². The number of benzene rings is 2. The Balaban J connectivity index is 1.71. The highest BCUT2D eigenvalue weighted by Crippen LogP contribution is 2.43. The molecule has 4 N–H and O–H groups in total. The van der Waals surface area contributed by atoms with Gasteiger partial charge in [0.15, 0.2) is 11.5 Å².